The van der Waals surface area contributed by atoms with Crippen molar-refractivity contribution in [1.82, 2.24) is 29.3 Å². The van der Waals surface area contributed by atoms with Gasteiger partial charge in [0.2, 0.25) is 0 Å². The van der Waals surface area contributed by atoms with Crippen molar-refractivity contribution in [3.63, 3.8) is 0 Å². The highest BCUT2D eigenvalue weighted by Crippen LogP contribution is 2.34. The molecule has 0 saturated carbocycles. The monoisotopic (exact) mass is 463 g/mol. The van der Waals surface area contributed by atoms with Crippen LogP contribution in [0.15, 0.2) is 24.5 Å². The van der Waals surface area contributed by atoms with E-state index in [1.807, 2.05) is 43.5 Å². The van der Waals surface area contributed by atoms with Gasteiger partial charge in [-0.1, -0.05) is 11.3 Å². The second-order valence-corrected chi connectivity index (χ2v) is 10.4. The van der Waals surface area contributed by atoms with Crippen LogP contribution >= 0.6 is 11.3 Å². The Morgan fingerprint density at radius 2 is 1.97 bits per heavy atom. The Kier molecular flexibility index (Phi) is 5.09. The predicted molar refractivity (Wildman–Crippen MR) is 125 cm³/mol. The zero-order valence-corrected chi connectivity index (χ0v) is 19.9. The number of imidazole rings is 1. The number of hydrogen-bond donors (Lipinski definition) is 0. The molecule has 0 radical (unpaired) electrons. The number of rotatable bonds is 2. The van der Waals surface area contributed by atoms with E-state index in [4.69, 9.17) is 9.72 Å². The Morgan fingerprint density at radius 1 is 1.21 bits per heavy atom. The number of piperidine rings is 1. The number of aryl methyl sites for hydroxylation is 1. The number of aromatic nitrogens is 5. The number of hydrogen-bond acceptors (Lipinski definition) is 7. The molecular weight excluding hydrogens is 438 g/mol. The minimum absolute atomic E-state index is 0.242. The third-order valence-electron chi connectivity index (χ3n) is 5.73. The zero-order valence-electron chi connectivity index (χ0n) is 19.1. The number of carbonyl (C=O) groups excluding carboxylic acids is 1. The molecule has 1 fully saturated rings. The SMILES string of the molecule is Cn1nc2cc(-c3cn4cc(C5CCN(C(=O)OC(C)(C)C)CC5)nc4s3)cc(C#N)c2n1. The van der Waals surface area contributed by atoms with E-state index in [9.17, 15) is 10.1 Å². The van der Waals surface area contributed by atoms with Crippen molar-refractivity contribution in [2.24, 2.45) is 7.05 Å². The summed E-state index contributed by atoms with van der Waals surface area (Å²) in [6, 6.07) is 6.04. The fourth-order valence-corrected chi connectivity index (χ4v) is 5.14. The molecule has 10 heteroatoms. The number of fused-ring (bicyclic) bond motifs is 2. The van der Waals surface area contributed by atoms with Gasteiger partial charge < -0.3 is 9.64 Å². The Balaban J connectivity index is 1.33. The average molecular weight is 464 g/mol. The van der Waals surface area contributed by atoms with E-state index in [1.165, 1.54) is 4.80 Å². The highest BCUT2D eigenvalue weighted by Gasteiger charge is 2.28. The Bertz CT molecular complexity index is 1360. The second kappa shape index (κ2) is 7.85. The van der Waals surface area contributed by atoms with E-state index in [1.54, 1.807) is 23.3 Å². The van der Waals surface area contributed by atoms with E-state index >= 15 is 0 Å². The molecule has 0 atom stereocenters. The lowest BCUT2D eigenvalue weighted by molar-refractivity contribution is 0.0204. The Morgan fingerprint density at radius 3 is 2.64 bits per heavy atom. The van der Waals surface area contributed by atoms with Crippen LogP contribution in [0.3, 0.4) is 0 Å². The molecule has 9 nitrogen and oxygen atoms in total. The molecule has 1 amide bonds. The third-order valence-corrected chi connectivity index (χ3v) is 6.78. The molecule has 4 aromatic rings. The van der Waals surface area contributed by atoms with Crippen molar-refractivity contribution in [2.45, 2.75) is 45.1 Å². The van der Waals surface area contributed by atoms with Crippen molar-refractivity contribution < 1.29 is 9.53 Å². The lowest BCUT2D eigenvalue weighted by atomic mass is 9.94. The van der Waals surface area contributed by atoms with Crippen LogP contribution in [-0.4, -0.2) is 54.1 Å². The smallest absolute Gasteiger partial charge is 0.410 e. The van der Waals surface area contributed by atoms with Gasteiger partial charge in [0.25, 0.3) is 0 Å². The summed E-state index contributed by atoms with van der Waals surface area (Å²) < 4.78 is 7.54. The van der Waals surface area contributed by atoms with E-state index in [-0.39, 0.29) is 6.09 Å². The van der Waals surface area contributed by atoms with E-state index < -0.39 is 5.60 Å². The van der Waals surface area contributed by atoms with E-state index in [0.29, 0.717) is 35.6 Å². The van der Waals surface area contributed by atoms with Crippen LogP contribution < -0.4 is 0 Å². The molecule has 0 spiro atoms. The van der Waals surface area contributed by atoms with Crippen molar-refractivity contribution in [1.29, 1.82) is 5.26 Å². The molecule has 0 unspecified atom stereocenters. The van der Waals surface area contributed by atoms with Gasteiger partial charge in [0, 0.05) is 38.4 Å². The number of amides is 1. The first-order valence-electron chi connectivity index (χ1n) is 10.9. The zero-order chi connectivity index (χ0) is 23.3. The van der Waals surface area contributed by atoms with Gasteiger partial charge in [-0.2, -0.15) is 20.3 Å². The maximum atomic E-state index is 12.3. The van der Waals surface area contributed by atoms with Gasteiger partial charge in [-0.3, -0.25) is 4.40 Å². The third kappa shape index (κ3) is 4.16. The Hall–Kier alpha value is -3.45. The first-order chi connectivity index (χ1) is 15.7. The van der Waals surface area contributed by atoms with Gasteiger partial charge >= 0.3 is 6.09 Å². The summed E-state index contributed by atoms with van der Waals surface area (Å²) in [7, 11) is 1.75. The van der Waals surface area contributed by atoms with Crippen molar-refractivity contribution in [3.8, 4) is 16.5 Å². The fraction of sp³-hybridized carbons (Fsp3) is 0.435. The summed E-state index contributed by atoms with van der Waals surface area (Å²) in [6.45, 7) is 7.00. The summed E-state index contributed by atoms with van der Waals surface area (Å²) in [6.07, 6.45) is 5.62. The van der Waals surface area contributed by atoms with E-state index in [0.717, 1.165) is 33.9 Å². The topological polar surface area (TPSA) is 101 Å². The molecule has 4 heterocycles. The average Bonchev–Trinajstić information content (AvgIpc) is 3.43. The summed E-state index contributed by atoms with van der Waals surface area (Å²) in [5.41, 5.74) is 3.34. The first kappa shape index (κ1) is 21.4. The van der Waals surface area contributed by atoms with Gasteiger partial charge in [0.1, 0.15) is 22.7 Å². The van der Waals surface area contributed by atoms with Gasteiger partial charge in [-0.25, -0.2) is 9.78 Å². The minimum Gasteiger partial charge on any atom is -0.444 e. The fourth-order valence-electron chi connectivity index (χ4n) is 4.18. The number of benzene rings is 1. The number of nitrogens with zero attached hydrogens (tertiary/aromatic N) is 7. The molecule has 5 rings (SSSR count). The summed E-state index contributed by atoms with van der Waals surface area (Å²) in [5.74, 6) is 0.320. The number of ether oxygens (including phenoxy) is 1. The van der Waals surface area contributed by atoms with Crippen LogP contribution in [0.1, 0.15) is 50.8 Å². The number of likely N-dealkylation sites (tertiary alicyclic amines) is 1. The first-order valence-corrected chi connectivity index (χ1v) is 11.7. The largest absolute Gasteiger partial charge is 0.444 e. The molecule has 1 aliphatic heterocycles. The molecule has 33 heavy (non-hydrogen) atoms. The number of carbonyl (C=O) groups is 1. The number of thiazole rings is 1. The minimum atomic E-state index is -0.481. The number of nitriles is 1. The van der Waals surface area contributed by atoms with Crippen molar-refractivity contribution in [2.75, 3.05) is 13.1 Å². The normalized spacial score (nSPS) is 15.3. The van der Waals surface area contributed by atoms with Crippen LogP contribution in [0.25, 0.3) is 26.4 Å². The van der Waals surface area contributed by atoms with E-state index in [2.05, 4.69) is 22.5 Å². The highest BCUT2D eigenvalue weighted by atomic mass is 32.1. The van der Waals surface area contributed by atoms with Crippen LogP contribution in [-0.2, 0) is 11.8 Å². The van der Waals surface area contributed by atoms with Crippen LogP contribution in [0, 0.1) is 11.3 Å². The molecule has 170 valence electrons. The summed E-state index contributed by atoms with van der Waals surface area (Å²) in [5, 5.41) is 18.2. The van der Waals surface area contributed by atoms with Gasteiger partial charge in [0.15, 0.2) is 4.96 Å². The molecule has 1 aromatic carbocycles. The van der Waals surface area contributed by atoms with Crippen molar-refractivity contribution >= 4 is 33.4 Å². The lowest BCUT2D eigenvalue weighted by Gasteiger charge is -2.32. The molecular formula is C23H25N7O2S. The maximum absolute atomic E-state index is 12.3. The Labute approximate surface area is 195 Å². The van der Waals surface area contributed by atoms with Crippen LogP contribution in [0.5, 0.6) is 0 Å². The molecule has 3 aromatic heterocycles. The predicted octanol–water partition coefficient (Wildman–Crippen LogP) is 4.33. The van der Waals surface area contributed by atoms with Gasteiger partial charge in [-0.05, 0) is 51.3 Å². The quantitative estimate of drug-likeness (QED) is 0.438. The second-order valence-electron chi connectivity index (χ2n) is 9.39. The van der Waals surface area contributed by atoms with Gasteiger partial charge in [-0.15, -0.1) is 0 Å². The molecule has 0 aliphatic carbocycles. The standard InChI is InChI=1S/C23H25N7O2S/c1-23(2,3)32-22(31)29-7-5-14(6-8-29)18-12-30-13-19(33-21(30)25-18)15-9-16(11-24)20-17(10-15)26-28(4)27-20/h9-10,12-14H,5-8H2,1-4H3. The van der Waals surface area contributed by atoms with Crippen molar-refractivity contribution in [3.05, 3.63) is 35.8 Å². The molecule has 1 saturated heterocycles. The maximum Gasteiger partial charge on any atom is 0.410 e. The lowest BCUT2D eigenvalue weighted by Crippen LogP contribution is -2.41. The van der Waals surface area contributed by atoms with Crippen LogP contribution in [0.4, 0.5) is 4.79 Å². The summed E-state index contributed by atoms with van der Waals surface area (Å²) in [4.78, 5) is 22.4. The van der Waals surface area contributed by atoms with Crippen LogP contribution in [0.2, 0.25) is 0 Å². The molecule has 1 aliphatic rings. The molecule has 0 bridgehead atoms. The molecule has 0 N–H and O–H groups in total. The van der Waals surface area contributed by atoms with Gasteiger partial charge in [0.05, 0.1) is 16.1 Å². The summed E-state index contributed by atoms with van der Waals surface area (Å²) >= 11 is 1.58. The highest BCUT2D eigenvalue weighted by molar-refractivity contribution is 7.20.